The van der Waals surface area contributed by atoms with Gasteiger partial charge in [0.25, 0.3) is 0 Å². The number of rotatable bonds is 6. The van der Waals surface area contributed by atoms with Crippen LogP contribution in [0.4, 0.5) is 4.79 Å². The molecule has 0 bridgehead atoms. The number of carbonyl (C=O) groups is 2. The molecule has 1 saturated heterocycles. The molecule has 188 valence electrons. The number of ether oxygens (including phenoxy) is 2. The van der Waals surface area contributed by atoms with Gasteiger partial charge in [-0.1, -0.05) is 24.3 Å². The van der Waals surface area contributed by atoms with Crippen molar-refractivity contribution in [3.63, 3.8) is 0 Å². The average molecular weight is 488 g/mol. The summed E-state index contributed by atoms with van der Waals surface area (Å²) in [7, 11) is 1.67. The van der Waals surface area contributed by atoms with Crippen molar-refractivity contribution in [3.05, 3.63) is 71.4 Å². The van der Waals surface area contributed by atoms with Gasteiger partial charge in [-0.05, 0) is 67.6 Å². The zero-order valence-electron chi connectivity index (χ0n) is 21.0. The van der Waals surface area contributed by atoms with E-state index in [-0.39, 0.29) is 12.0 Å². The largest absolute Gasteiger partial charge is 0.497 e. The zero-order chi connectivity index (χ0) is 25.1. The maximum Gasteiger partial charge on any atom is 0.409 e. The van der Waals surface area contributed by atoms with Gasteiger partial charge in [0.2, 0.25) is 5.91 Å². The number of nitrogens with zero attached hydrogens (tertiary/aromatic N) is 3. The lowest BCUT2D eigenvalue weighted by Gasteiger charge is -2.34. The number of piperazine rings is 1. The Bertz CT molecular complexity index is 1240. The number of fused-ring (bicyclic) bond motifs is 3. The number of aromatic nitrogens is 1. The smallest absolute Gasteiger partial charge is 0.409 e. The van der Waals surface area contributed by atoms with Gasteiger partial charge < -0.3 is 23.8 Å². The molecule has 0 saturated carbocycles. The first-order chi connectivity index (χ1) is 17.6. The van der Waals surface area contributed by atoms with Gasteiger partial charge in [-0.3, -0.25) is 4.79 Å². The molecule has 2 aromatic carbocycles. The maximum absolute atomic E-state index is 13.1. The summed E-state index contributed by atoms with van der Waals surface area (Å²) < 4.78 is 12.8. The first-order valence-electron chi connectivity index (χ1n) is 12.7. The van der Waals surface area contributed by atoms with E-state index in [0.717, 1.165) is 30.0 Å². The van der Waals surface area contributed by atoms with Crippen LogP contribution in [0.5, 0.6) is 5.75 Å². The molecule has 7 heteroatoms. The normalized spacial score (nSPS) is 14.7. The Hall–Kier alpha value is -3.74. The summed E-state index contributed by atoms with van der Waals surface area (Å²) in [6.07, 6.45) is 2.80. The summed E-state index contributed by atoms with van der Waals surface area (Å²) in [5.41, 5.74) is 7.39. The van der Waals surface area contributed by atoms with Gasteiger partial charge >= 0.3 is 6.09 Å². The molecule has 1 fully saturated rings. The molecule has 0 N–H and O–H groups in total. The molecule has 5 rings (SSSR count). The molecule has 2 heterocycles. The van der Waals surface area contributed by atoms with E-state index in [1.165, 1.54) is 22.4 Å². The quantitative estimate of drug-likeness (QED) is 0.514. The molecule has 0 unspecified atom stereocenters. The molecular formula is C29H33N3O4. The molecule has 0 atom stereocenters. The predicted molar refractivity (Wildman–Crippen MR) is 139 cm³/mol. The number of benzene rings is 2. The number of amides is 2. The van der Waals surface area contributed by atoms with E-state index < -0.39 is 0 Å². The van der Waals surface area contributed by atoms with Crippen molar-refractivity contribution in [2.75, 3.05) is 39.9 Å². The molecule has 0 radical (unpaired) electrons. The second-order valence-corrected chi connectivity index (χ2v) is 9.27. The van der Waals surface area contributed by atoms with Crippen LogP contribution in [-0.4, -0.2) is 66.3 Å². The fraction of sp³-hybridized carbons (Fsp3) is 0.379. The van der Waals surface area contributed by atoms with Crippen molar-refractivity contribution in [2.45, 2.75) is 32.6 Å². The summed E-state index contributed by atoms with van der Waals surface area (Å²) in [5, 5.41) is 0. The molecular weight excluding hydrogens is 454 g/mol. The number of hydrogen-bond acceptors (Lipinski definition) is 4. The van der Waals surface area contributed by atoms with E-state index in [1.54, 1.807) is 18.9 Å². The van der Waals surface area contributed by atoms with Crippen molar-refractivity contribution in [3.8, 4) is 22.7 Å². The van der Waals surface area contributed by atoms with Gasteiger partial charge in [0.1, 0.15) is 5.75 Å². The number of carbonyl (C=O) groups excluding carboxylic acids is 2. The molecule has 1 aliphatic heterocycles. The van der Waals surface area contributed by atoms with Crippen LogP contribution in [0, 0.1) is 0 Å². The van der Waals surface area contributed by atoms with E-state index >= 15 is 0 Å². The predicted octanol–water partition coefficient (Wildman–Crippen LogP) is 4.48. The van der Waals surface area contributed by atoms with Gasteiger partial charge in [0.15, 0.2) is 0 Å². The second kappa shape index (κ2) is 10.5. The van der Waals surface area contributed by atoms with Crippen LogP contribution in [0.2, 0.25) is 0 Å². The Kier molecular flexibility index (Phi) is 6.98. The van der Waals surface area contributed by atoms with Crippen LogP contribution in [0.3, 0.4) is 0 Å². The Morgan fingerprint density at radius 2 is 1.58 bits per heavy atom. The van der Waals surface area contributed by atoms with Crippen molar-refractivity contribution in [1.82, 2.24) is 14.4 Å². The molecule has 2 aliphatic rings. The third-order valence-corrected chi connectivity index (χ3v) is 7.18. The summed E-state index contributed by atoms with van der Waals surface area (Å²) in [6.45, 7) is 4.27. The Morgan fingerprint density at radius 3 is 2.31 bits per heavy atom. The number of aryl methyl sites for hydroxylation is 3. The third kappa shape index (κ3) is 4.70. The Morgan fingerprint density at radius 1 is 0.889 bits per heavy atom. The monoisotopic (exact) mass is 487 g/mol. The molecule has 0 spiro atoms. The SMILES string of the molecule is CCOC(=O)N1CCN(C(=O)CCc2cc3c(n2-c2ccc(OC)cc2)-c2ccccc2CC3)CC1. The lowest BCUT2D eigenvalue weighted by molar-refractivity contribution is -0.132. The van der Waals surface area contributed by atoms with Crippen LogP contribution >= 0.6 is 0 Å². The van der Waals surface area contributed by atoms with Gasteiger partial charge in [0.05, 0.1) is 19.4 Å². The van der Waals surface area contributed by atoms with Crippen LogP contribution in [0.25, 0.3) is 16.9 Å². The van der Waals surface area contributed by atoms with Gasteiger partial charge in [-0.25, -0.2) is 4.79 Å². The van der Waals surface area contributed by atoms with E-state index in [2.05, 4.69) is 47.0 Å². The highest BCUT2D eigenvalue weighted by Gasteiger charge is 2.27. The highest BCUT2D eigenvalue weighted by Crippen LogP contribution is 2.38. The first-order valence-corrected chi connectivity index (χ1v) is 12.7. The fourth-order valence-electron chi connectivity index (χ4n) is 5.30. The molecule has 3 aromatic rings. The van der Waals surface area contributed by atoms with Crippen LogP contribution in [-0.2, 0) is 28.8 Å². The van der Waals surface area contributed by atoms with Gasteiger partial charge in [-0.2, -0.15) is 0 Å². The maximum atomic E-state index is 13.1. The topological polar surface area (TPSA) is 64.0 Å². The standard InChI is InChI=1S/C29H33N3O4/c1-3-36-29(34)31-18-16-30(17-19-31)27(33)15-12-24-20-22-9-8-21-6-4-5-7-26(21)28(22)32(24)23-10-13-25(35-2)14-11-23/h4-7,10-11,13-14,20H,3,8-9,12,15-19H2,1-2H3. The van der Waals surface area contributed by atoms with Crippen molar-refractivity contribution < 1.29 is 19.1 Å². The molecule has 36 heavy (non-hydrogen) atoms. The van der Waals surface area contributed by atoms with E-state index in [0.29, 0.717) is 45.6 Å². The number of methoxy groups -OCH3 is 1. The van der Waals surface area contributed by atoms with Crippen molar-refractivity contribution >= 4 is 12.0 Å². The van der Waals surface area contributed by atoms with Gasteiger partial charge in [-0.15, -0.1) is 0 Å². The second-order valence-electron chi connectivity index (χ2n) is 9.27. The van der Waals surface area contributed by atoms with Gasteiger partial charge in [0, 0.05) is 49.5 Å². The molecule has 2 amide bonds. The Labute approximate surface area is 212 Å². The first kappa shape index (κ1) is 24.0. The van der Waals surface area contributed by atoms with E-state index in [9.17, 15) is 9.59 Å². The Balaban J connectivity index is 1.37. The van der Waals surface area contributed by atoms with Crippen LogP contribution in [0.1, 0.15) is 30.2 Å². The van der Waals surface area contributed by atoms with Crippen molar-refractivity contribution in [2.24, 2.45) is 0 Å². The van der Waals surface area contributed by atoms with E-state index in [1.807, 2.05) is 17.0 Å². The lowest BCUT2D eigenvalue weighted by Crippen LogP contribution is -2.50. The molecule has 1 aliphatic carbocycles. The minimum absolute atomic E-state index is 0.124. The average Bonchev–Trinajstić information content (AvgIpc) is 3.31. The minimum atomic E-state index is -0.298. The lowest BCUT2D eigenvalue weighted by atomic mass is 9.90. The third-order valence-electron chi connectivity index (χ3n) is 7.18. The highest BCUT2D eigenvalue weighted by molar-refractivity contribution is 5.78. The molecule has 1 aromatic heterocycles. The number of hydrogen-bond donors (Lipinski definition) is 0. The van der Waals surface area contributed by atoms with E-state index in [4.69, 9.17) is 9.47 Å². The van der Waals surface area contributed by atoms with Crippen LogP contribution < -0.4 is 4.74 Å². The summed E-state index contributed by atoms with van der Waals surface area (Å²) in [6, 6.07) is 19.0. The van der Waals surface area contributed by atoms with Crippen molar-refractivity contribution in [1.29, 1.82) is 0 Å². The van der Waals surface area contributed by atoms with Crippen LogP contribution in [0.15, 0.2) is 54.6 Å². The summed E-state index contributed by atoms with van der Waals surface area (Å²) in [4.78, 5) is 28.6. The summed E-state index contributed by atoms with van der Waals surface area (Å²) >= 11 is 0. The zero-order valence-corrected chi connectivity index (χ0v) is 21.0. The molecule has 7 nitrogen and oxygen atoms in total. The summed E-state index contributed by atoms with van der Waals surface area (Å²) in [5.74, 6) is 0.943. The minimum Gasteiger partial charge on any atom is -0.497 e. The fourth-order valence-corrected chi connectivity index (χ4v) is 5.30. The highest BCUT2D eigenvalue weighted by atomic mass is 16.6.